The number of hydrogen-bond acceptors (Lipinski definition) is 1. The van der Waals surface area contributed by atoms with Crippen molar-refractivity contribution < 1.29 is 4.79 Å². The van der Waals surface area contributed by atoms with Crippen LogP contribution in [0.15, 0.2) is 23.9 Å². The van der Waals surface area contributed by atoms with Gasteiger partial charge >= 0.3 is 0 Å². The highest BCUT2D eigenvalue weighted by molar-refractivity contribution is 6.30. The van der Waals surface area contributed by atoms with E-state index in [4.69, 9.17) is 11.6 Å². The number of nitrogens with one attached hydrogen (secondary N) is 1. The molecule has 1 aliphatic heterocycles. The van der Waals surface area contributed by atoms with Crippen LogP contribution < -0.4 is 5.32 Å². The Balaban J connectivity index is 2.02. The average molecular weight is 234 g/mol. The Morgan fingerprint density at radius 3 is 3.12 bits per heavy atom. The van der Waals surface area contributed by atoms with Gasteiger partial charge in [0.15, 0.2) is 0 Å². The molecule has 82 valence electrons. The predicted molar refractivity (Wildman–Crippen MR) is 64.0 cm³/mol. The van der Waals surface area contributed by atoms with Crippen LogP contribution in [0.2, 0.25) is 5.02 Å². The first-order valence-electron chi connectivity index (χ1n) is 5.52. The Morgan fingerprint density at radius 1 is 1.38 bits per heavy atom. The van der Waals surface area contributed by atoms with Crippen LogP contribution in [0.4, 0.5) is 0 Å². The van der Waals surface area contributed by atoms with Crippen molar-refractivity contribution in [3.05, 3.63) is 40.0 Å². The number of benzene rings is 1. The van der Waals surface area contributed by atoms with Crippen molar-refractivity contribution in [3.8, 4) is 0 Å². The maximum atomic E-state index is 11.3. The van der Waals surface area contributed by atoms with Crippen LogP contribution in [-0.2, 0) is 11.2 Å². The van der Waals surface area contributed by atoms with Gasteiger partial charge in [0.05, 0.1) is 0 Å². The first kappa shape index (κ1) is 9.91. The minimum absolute atomic E-state index is 0.139. The van der Waals surface area contributed by atoms with Crippen molar-refractivity contribution in [3.63, 3.8) is 0 Å². The van der Waals surface area contributed by atoms with Gasteiger partial charge in [-0.15, -0.1) is 0 Å². The van der Waals surface area contributed by atoms with Gasteiger partial charge in [-0.25, -0.2) is 0 Å². The van der Waals surface area contributed by atoms with E-state index in [-0.39, 0.29) is 5.91 Å². The molecule has 3 rings (SSSR count). The summed E-state index contributed by atoms with van der Waals surface area (Å²) in [6.07, 6.45) is 4.65. The van der Waals surface area contributed by atoms with E-state index in [9.17, 15) is 4.79 Å². The number of allylic oxidation sites excluding steroid dienone is 1. The van der Waals surface area contributed by atoms with Gasteiger partial charge in [0.25, 0.3) is 0 Å². The third-order valence-corrected chi connectivity index (χ3v) is 3.56. The highest BCUT2D eigenvalue weighted by atomic mass is 35.5. The van der Waals surface area contributed by atoms with E-state index in [0.717, 1.165) is 23.6 Å². The zero-order chi connectivity index (χ0) is 11.1. The first-order valence-corrected chi connectivity index (χ1v) is 5.90. The molecule has 1 unspecified atom stereocenters. The van der Waals surface area contributed by atoms with Crippen molar-refractivity contribution in [1.82, 2.24) is 5.32 Å². The molecular weight excluding hydrogens is 222 g/mol. The molecule has 1 aromatic carbocycles. The fraction of sp³-hybridized carbons (Fsp3) is 0.308. The largest absolute Gasteiger partial charge is 0.329 e. The molecular formula is C13H12ClNO. The van der Waals surface area contributed by atoms with Crippen LogP contribution in [0.3, 0.4) is 0 Å². The van der Waals surface area contributed by atoms with E-state index in [1.54, 1.807) is 0 Å². The molecule has 1 amide bonds. The Kier molecular flexibility index (Phi) is 2.25. The lowest BCUT2D eigenvalue weighted by Crippen LogP contribution is -2.35. The molecule has 1 aliphatic carbocycles. The lowest BCUT2D eigenvalue weighted by molar-refractivity contribution is -0.121. The van der Waals surface area contributed by atoms with Crippen molar-refractivity contribution in [2.24, 2.45) is 5.92 Å². The molecule has 1 saturated heterocycles. The summed E-state index contributed by atoms with van der Waals surface area (Å²) in [5, 5.41) is 3.75. The molecule has 0 radical (unpaired) electrons. The molecule has 1 fully saturated rings. The number of piperidine rings is 1. The minimum Gasteiger partial charge on any atom is -0.329 e. The Labute approximate surface area is 99.3 Å². The van der Waals surface area contributed by atoms with Crippen LogP contribution in [0.5, 0.6) is 0 Å². The topological polar surface area (TPSA) is 29.1 Å². The molecule has 1 atom stereocenters. The minimum atomic E-state index is 0.139. The van der Waals surface area contributed by atoms with Crippen LogP contribution in [-0.4, -0.2) is 5.91 Å². The van der Waals surface area contributed by atoms with Gasteiger partial charge in [-0.05, 0) is 42.2 Å². The summed E-state index contributed by atoms with van der Waals surface area (Å²) in [5.41, 5.74) is 3.54. The average Bonchev–Trinajstić information content (AvgIpc) is 2.26. The molecule has 1 heterocycles. The molecule has 16 heavy (non-hydrogen) atoms. The van der Waals surface area contributed by atoms with E-state index in [1.807, 2.05) is 18.2 Å². The molecule has 1 aromatic rings. The fourth-order valence-corrected chi connectivity index (χ4v) is 2.67. The quantitative estimate of drug-likeness (QED) is 0.734. The van der Waals surface area contributed by atoms with Crippen molar-refractivity contribution >= 4 is 23.6 Å². The summed E-state index contributed by atoms with van der Waals surface area (Å²) in [6.45, 7) is 0. The van der Waals surface area contributed by atoms with Crippen LogP contribution in [0.25, 0.3) is 6.08 Å². The summed E-state index contributed by atoms with van der Waals surface area (Å²) >= 11 is 5.98. The lowest BCUT2D eigenvalue weighted by atomic mass is 9.82. The molecule has 2 aliphatic rings. The van der Waals surface area contributed by atoms with Crippen LogP contribution >= 0.6 is 11.6 Å². The summed E-state index contributed by atoms with van der Waals surface area (Å²) < 4.78 is 0. The molecule has 0 spiro atoms. The van der Waals surface area contributed by atoms with Gasteiger partial charge in [-0.2, -0.15) is 0 Å². The number of carbonyl (C=O) groups excluding carboxylic acids is 1. The SMILES string of the molecule is O=C1CCC2Cc3cc(Cl)ccc3C=C2N1. The van der Waals surface area contributed by atoms with Crippen LogP contribution in [0, 0.1) is 5.92 Å². The molecule has 3 heteroatoms. The number of hydrogen-bond donors (Lipinski definition) is 1. The molecule has 0 saturated carbocycles. The number of halogens is 1. The van der Waals surface area contributed by atoms with E-state index in [1.165, 1.54) is 11.1 Å². The van der Waals surface area contributed by atoms with E-state index in [0.29, 0.717) is 12.3 Å². The maximum Gasteiger partial charge on any atom is 0.224 e. The Bertz CT molecular complexity index is 493. The lowest BCUT2D eigenvalue weighted by Gasteiger charge is -2.30. The summed E-state index contributed by atoms with van der Waals surface area (Å²) in [5.74, 6) is 0.601. The molecule has 1 N–H and O–H groups in total. The van der Waals surface area contributed by atoms with Gasteiger partial charge in [0.1, 0.15) is 0 Å². The maximum absolute atomic E-state index is 11.3. The van der Waals surface area contributed by atoms with Gasteiger partial charge in [0, 0.05) is 23.1 Å². The zero-order valence-electron chi connectivity index (χ0n) is 8.79. The third kappa shape index (κ3) is 1.63. The van der Waals surface area contributed by atoms with Gasteiger partial charge < -0.3 is 5.32 Å². The monoisotopic (exact) mass is 233 g/mol. The van der Waals surface area contributed by atoms with Gasteiger partial charge in [-0.3, -0.25) is 4.79 Å². The van der Waals surface area contributed by atoms with Gasteiger partial charge in [0.2, 0.25) is 5.91 Å². The first-order chi connectivity index (χ1) is 7.72. The Morgan fingerprint density at radius 2 is 2.25 bits per heavy atom. The summed E-state index contributed by atoms with van der Waals surface area (Å²) in [4.78, 5) is 11.3. The summed E-state index contributed by atoms with van der Waals surface area (Å²) in [6, 6.07) is 5.94. The van der Waals surface area contributed by atoms with Gasteiger partial charge in [-0.1, -0.05) is 17.7 Å². The number of fused-ring (bicyclic) bond motifs is 2. The fourth-order valence-electron chi connectivity index (χ4n) is 2.48. The molecule has 0 aromatic heterocycles. The van der Waals surface area contributed by atoms with E-state index < -0.39 is 0 Å². The standard InChI is InChI=1S/C13H12ClNO/c14-11-3-1-8-7-12-9(5-10(8)6-11)2-4-13(16)15-12/h1,3,6-7,9H,2,4-5H2,(H,15,16). The van der Waals surface area contributed by atoms with E-state index >= 15 is 0 Å². The third-order valence-electron chi connectivity index (χ3n) is 3.33. The summed E-state index contributed by atoms with van der Waals surface area (Å²) in [7, 11) is 0. The highest BCUT2D eigenvalue weighted by Crippen LogP contribution is 2.33. The zero-order valence-corrected chi connectivity index (χ0v) is 9.55. The van der Waals surface area contributed by atoms with Crippen LogP contribution in [0.1, 0.15) is 24.0 Å². The smallest absolute Gasteiger partial charge is 0.224 e. The number of amides is 1. The van der Waals surface area contributed by atoms with Crippen molar-refractivity contribution in [1.29, 1.82) is 0 Å². The second-order valence-electron chi connectivity index (χ2n) is 4.43. The highest BCUT2D eigenvalue weighted by Gasteiger charge is 2.27. The van der Waals surface area contributed by atoms with Crippen molar-refractivity contribution in [2.75, 3.05) is 0 Å². The molecule has 0 bridgehead atoms. The predicted octanol–water partition coefficient (Wildman–Crippen LogP) is 2.76. The Hall–Kier alpha value is -1.28. The molecule has 2 nitrogen and oxygen atoms in total. The van der Waals surface area contributed by atoms with Crippen molar-refractivity contribution in [2.45, 2.75) is 19.3 Å². The number of carbonyl (C=O) groups is 1. The number of rotatable bonds is 0. The second kappa shape index (κ2) is 3.63. The normalized spacial score (nSPS) is 22.9. The second-order valence-corrected chi connectivity index (χ2v) is 4.87. The van der Waals surface area contributed by atoms with E-state index in [2.05, 4.69) is 11.4 Å².